The molecule has 0 N–H and O–H groups in total. The van der Waals surface area contributed by atoms with Gasteiger partial charge in [0.1, 0.15) is 0 Å². The van der Waals surface area contributed by atoms with Crippen LogP contribution in [0, 0.1) is 11.3 Å². The van der Waals surface area contributed by atoms with Crippen LogP contribution >= 0.6 is 0 Å². The van der Waals surface area contributed by atoms with E-state index >= 15 is 0 Å². The zero-order valence-corrected chi connectivity index (χ0v) is 11.4. The van der Waals surface area contributed by atoms with Crippen LogP contribution in [0.5, 0.6) is 0 Å². The molecule has 0 bridgehead atoms. The maximum absolute atomic E-state index is 11.6. The van der Waals surface area contributed by atoms with E-state index in [1.165, 1.54) is 6.26 Å². The van der Waals surface area contributed by atoms with Crippen molar-refractivity contribution in [3.63, 3.8) is 0 Å². The standard InChI is InChI=1S/C14H14N2O2S/c1-19(17,18)14-7-13(8-15)10-16(11-14)9-12-5-3-2-4-6-12/h2-6,10-11H,7,9H2,1H3. The smallest absolute Gasteiger partial charge is 0.173 e. The molecule has 0 atom stereocenters. The second-order valence-corrected chi connectivity index (χ2v) is 6.54. The molecule has 98 valence electrons. The van der Waals surface area contributed by atoms with E-state index in [-0.39, 0.29) is 11.3 Å². The Bertz CT molecular complexity index is 667. The monoisotopic (exact) mass is 274 g/mol. The van der Waals surface area contributed by atoms with Crippen LogP contribution < -0.4 is 0 Å². The van der Waals surface area contributed by atoms with Crippen molar-refractivity contribution in [1.29, 1.82) is 5.26 Å². The van der Waals surface area contributed by atoms with Gasteiger partial charge in [0.15, 0.2) is 9.84 Å². The van der Waals surface area contributed by atoms with Crippen molar-refractivity contribution in [2.45, 2.75) is 13.0 Å². The van der Waals surface area contributed by atoms with Gasteiger partial charge in [0, 0.05) is 31.6 Å². The molecule has 1 aromatic carbocycles. The Balaban J connectivity index is 2.28. The molecule has 1 aliphatic rings. The highest BCUT2D eigenvalue weighted by Crippen LogP contribution is 2.23. The molecule has 4 nitrogen and oxygen atoms in total. The van der Waals surface area contributed by atoms with Gasteiger partial charge in [0.05, 0.1) is 16.5 Å². The van der Waals surface area contributed by atoms with E-state index in [0.29, 0.717) is 12.1 Å². The maximum Gasteiger partial charge on any atom is 0.173 e. The predicted molar refractivity (Wildman–Crippen MR) is 73.2 cm³/mol. The Morgan fingerprint density at radius 3 is 2.53 bits per heavy atom. The first-order valence-electron chi connectivity index (χ1n) is 5.80. The van der Waals surface area contributed by atoms with Crippen LogP contribution in [0.25, 0.3) is 0 Å². The van der Waals surface area contributed by atoms with E-state index in [9.17, 15) is 8.42 Å². The van der Waals surface area contributed by atoms with Crippen LogP contribution in [0.15, 0.2) is 53.2 Å². The fraction of sp³-hybridized carbons (Fsp3) is 0.214. The van der Waals surface area contributed by atoms with Gasteiger partial charge in [-0.25, -0.2) is 8.42 Å². The van der Waals surface area contributed by atoms with Gasteiger partial charge >= 0.3 is 0 Å². The van der Waals surface area contributed by atoms with Gasteiger partial charge in [-0.3, -0.25) is 0 Å². The lowest BCUT2D eigenvalue weighted by molar-refractivity contribution is 0.486. The van der Waals surface area contributed by atoms with Crippen LogP contribution in [0.1, 0.15) is 12.0 Å². The number of benzene rings is 1. The zero-order chi connectivity index (χ0) is 13.9. The van der Waals surface area contributed by atoms with Crippen LogP contribution in [0.3, 0.4) is 0 Å². The Morgan fingerprint density at radius 2 is 1.95 bits per heavy atom. The molecule has 0 amide bonds. The van der Waals surface area contributed by atoms with Crippen LogP contribution in [0.4, 0.5) is 0 Å². The number of nitrogens with zero attached hydrogens (tertiary/aromatic N) is 2. The molecule has 0 aromatic heterocycles. The summed E-state index contributed by atoms with van der Waals surface area (Å²) in [6.45, 7) is 0.547. The number of allylic oxidation sites excluding steroid dienone is 2. The molecule has 0 unspecified atom stereocenters. The third-order valence-electron chi connectivity index (χ3n) is 2.82. The van der Waals surface area contributed by atoms with Crippen molar-refractivity contribution < 1.29 is 8.42 Å². The number of sulfone groups is 1. The first-order valence-corrected chi connectivity index (χ1v) is 7.69. The Kier molecular flexibility index (Phi) is 3.72. The summed E-state index contributed by atoms with van der Waals surface area (Å²) in [5.74, 6) is 0. The third-order valence-corrected chi connectivity index (χ3v) is 4.03. The van der Waals surface area contributed by atoms with Crippen molar-refractivity contribution in [2.75, 3.05) is 6.26 Å². The number of hydrogen-bond acceptors (Lipinski definition) is 4. The summed E-state index contributed by atoms with van der Waals surface area (Å²) in [5, 5.41) is 8.99. The molecule has 0 saturated heterocycles. The minimum Gasteiger partial charge on any atom is -0.348 e. The summed E-state index contributed by atoms with van der Waals surface area (Å²) < 4.78 is 23.2. The molecule has 0 fully saturated rings. The minimum atomic E-state index is -3.27. The van der Waals surface area contributed by atoms with Gasteiger partial charge in [-0.15, -0.1) is 0 Å². The van der Waals surface area contributed by atoms with Gasteiger partial charge in [0.2, 0.25) is 0 Å². The van der Waals surface area contributed by atoms with Gasteiger partial charge in [-0.2, -0.15) is 5.26 Å². The summed E-state index contributed by atoms with van der Waals surface area (Å²) in [5.41, 5.74) is 1.51. The number of hydrogen-bond donors (Lipinski definition) is 0. The largest absolute Gasteiger partial charge is 0.348 e. The SMILES string of the molecule is CS(=O)(=O)C1=CN(Cc2ccccc2)C=C(C#N)C1. The summed E-state index contributed by atoms with van der Waals surface area (Å²) in [6.07, 6.45) is 4.64. The van der Waals surface area contributed by atoms with Crippen LogP contribution in [-0.4, -0.2) is 19.6 Å². The molecular formula is C14H14N2O2S. The van der Waals surface area contributed by atoms with Gasteiger partial charge < -0.3 is 4.90 Å². The lowest BCUT2D eigenvalue weighted by atomic mass is 10.1. The second-order valence-electron chi connectivity index (χ2n) is 4.47. The third kappa shape index (κ3) is 3.46. The Labute approximate surface area is 113 Å². The maximum atomic E-state index is 11.6. The molecule has 0 spiro atoms. The van der Waals surface area contributed by atoms with Crippen molar-refractivity contribution in [2.24, 2.45) is 0 Å². The topological polar surface area (TPSA) is 61.2 Å². The van der Waals surface area contributed by atoms with E-state index in [1.807, 2.05) is 36.4 Å². The van der Waals surface area contributed by atoms with Crippen LogP contribution in [-0.2, 0) is 16.4 Å². The normalized spacial score (nSPS) is 15.5. The fourth-order valence-electron chi connectivity index (χ4n) is 1.88. The van der Waals surface area contributed by atoms with E-state index in [4.69, 9.17) is 5.26 Å². The van der Waals surface area contributed by atoms with E-state index in [1.54, 1.807) is 17.3 Å². The molecule has 0 radical (unpaired) electrons. The summed E-state index contributed by atoms with van der Waals surface area (Å²) in [6, 6.07) is 11.7. The molecular weight excluding hydrogens is 260 g/mol. The van der Waals surface area contributed by atoms with Crippen molar-refractivity contribution in [3.05, 3.63) is 58.8 Å². The van der Waals surface area contributed by atoms with Gasteiger partial charge in [-0.1, -0.05) is 30.3 Å². The molecule has 1 aliphatic heterocycles. The minimum absolute atomic E-state index is 0.181. The molecule has 2 rings (SSSR count). The molecule has 19 heavy (non-hydrogen) atoms. The van der Waals surface area contributed by atoms with E-state index < -0.39 is 9.84 Å². The Hall–Kier alpha value is -2.06. The average molecular weight is 274 g/mol. The van der Waals surface area contributed by atoms with Crippen molar-refractivity contribution in [1.82, 2.24) is 4.90 Å². The molecule has 1 heterocycles. The number of nitriles is 1. The summed E-state index contributed by atoms with van der Waals surface area (Å²) in [7, 11) is -3.27. The van der Waals surface area contributed by atoms with Gasteiger partial charge in [-0.05, 0) is 5.56 Å². The lowest BCUT2D eigenvalue weighted by Gasteiger charge is -2.22. The van der Waals surface area contributed by atoms with Crippen molar-refractivity contribution in [3.8, 4) is 6.07 Å². The first-order chi connectivity index (χ1) is 8.99. The Morgan fingerprint density at radius 1 is 1.26 bits per heavy atom. The highest BCUT2D eigenvalue weighted by atomic mass is 32.2. The summed E-state index contributed by atoms with van der Waals surface area (Å²) >= 11 is 0. The first kappa shape index (κ1) is 13.4. The van der Waals surface area contributed by atoms with Crippen molar-refractivity contribution >= 4 is 9.84 Å². The zero-order valence-electron chi connectivity index (χ0n) is 10.6. The highest BCUT2D eigenvalue weighted by molar-refractivity contribution is 7.94. The molecule has 0 aliphatic carbocycles. The van der Waals surface area contributed by atoms with E-state index in [0.717, 1.165) is 5.56 Å². The number of rotatable bonds is 3. The molecule has 5 heteroatoms. The van der Waals surface area contributed by atoms with Crippen LogP contribution in [0.2, 0.25) is 0 Å². The lowest BCUT2D eigenvalue weighted by Crippen LogP contribution is -2.18. The highest BCUT2D eigenvalue weighted by Gasteiger charge is 2.19. The fourth-order valence-corrected chi connectivity index (χ4v) is 2.63. The summed E-state index contributed by atoms with van der Waals surface area (Å²) in [4.78, 5) is 2.02. The average Bonchev–Trinajstić information content (AvgIpc) is 2.38. The van der Waals surface area contributed by atoms with E-state index in [2.05, 4.69) is 0 Å². The molecule has 1 aromatic rings. The molecule has 0 saturated carbocycles. The predicted octanol–water partition coefficient (Wildman–Crippen LogP) is 2.19. The quantitative estimate of drug-likeness (QED) is 0.847. The second kappa shape index (κ2) is 5.29. The van der Waals surface area contributed by atoms with Gasteiger partial charge in [0.25, 0.3) is 0 Å².